The zero-order valence-corrected chi connectivity index (χ0v) is 15.8. The van der Waals surface area contributed by atoms with Gasteiger partial charge in [-0.3, -0.25) is 14.5 Å². The van der Waals surface area contributed by atoms with Crippen molar-refractivity contribution in [2.45, 2.75) is 20.3 Å². The highest BCUT2D eigenvalue weighted by Crippen LogP contribution is 2.34. The SMILES string of the molecule is CCCN1C(=O)S/C(=C\c2ccc(OC)c(OCC(=O)OCC)c2)C1=O. The van der Waals surface area contributed by atoms with E-state index in [2.05, 4.69) is 0 Å². The average Bonchev–Trinajstić information content (AvgIpc) is 2.88. The third-order valence-electron chi connectivity index (χ3n) is 3.46. The van der Waals surface area contributed by atoms with E-state index in [1.54, 1.807) is 31.2 Å². The Kier molecular flexibility index (Phi) is 7.08. The lowest BCUT2D eigenvalue weighted by atomic mass is 10.2. The van der Waals surface area contributed by atoms with Gasteiger partial charge < -0.3 is 14.2 Å². The topological polar surface area (TPSA) is 82.1 Å². The van der Waals surface area contributed by atoms with Crippen molar-refractivity contribution in [3.8, 4) is 11.5 Å². The number of imide groups is 1. The summed E-state index contributed by atoms with van der Waals surface area (Å²) in [6.07, 6.45) is 2.33. The molecule has 140 valence electrons. The van der Waals surface area contributed by atoms with Crippen molar-refractivity contribution in [1.29, 1.82) is 0 Å². The minimum Gasteiger partial charge on any atom is -0.493 e. The van der Waals surface area contributed by atoms with Gasteiger partial charge in [-0.05, 0) is 48.9 Å². The standard InChI is InChI=1S/C18H21NO6S/c1-4-8-19-17(21)15(26-18(19)22)10-12-6-7-13(23-3)14(9-12)25-11-16(20)24-5-2/h6-7,9-10H,4-5,8,11H2,1-3H3/b15-10-. The summed E-state index contributed by atoms with van der Waals surface area (Å²) in [6.45, 7) is 4.04. The minimum atomic E-state index is -0.486. The fraction of sp³-hybridized carbons (Fsp3) is 0.389. The van der Waals surface area contributed by atoms with Crippen molar-refractivity contribution in [3.05, 3.63) is 28.7 Å². The zero-order valence-electron chi connectivity index (χ0n) is 14.9. The molecule has 0 radical (unpaired) electrons. The lowest BCUT2D eigenvalue weighted by molar-refractivity contribution is -0.145. The lowest BCUT2D eigenvalue weighted by Crippen LogP contribution is -2.28. The maximum absolute atomic E-state index is 12.3. The lowest BCUT2D eigenvalue weighted by Gasteiger charge is -2.11. The summed E-state index contributed by atoms with van der Waals surface area (Å²) in [5, 5.41) is -0.268. The molecule has 1 saturated heterocycles. The van der Waals surface area contributed by atoms with Crippen LogP contribution in [0.3, 0.4) is 0 Å². The van der Waals surface area contributed by atoms with Crippen molar-refractivity contribution < 1.29 is 28.6 Å². The van der Waals surface area contributed by atoms with E-state index >= 15 is 0 Å². The number of carbonyl (C=O) groups excluding carboxylic acids is 3. The number of amides is 2. The molecular formula is C18H21NO6S. The molecule has 1 heterocycles. The quantitative estimate of drug-likeness (QED) is 0.507. The van der Waals surface area contributed by atoms with Crippen LogP contribution in [0.15, 0.2) is 23.1 Å². The van der Waals surface area contributed by atoms with E-state index in [1.807, 2.05) is 6.92 Å². The van der Waals surface area contributed by atoms with Crippen molar-refractivity contribution in [2.75, 3.05) is 26.9 Å². The smallest absolute Gasteiger partial charge is 0.344 e. The van der Waals surface area contributed by atoms with Crippen LogP contribution in [0, 0.1) is 0 Å². The second-order valence-electron chi connectivity index (χ2n) is 5.34. The van der Waals surface area contributed by atoms with Crippen LogP contribution in [0.25, 0.3) is 6.08 Å². The van der Waals surface area contributed by atoms with Crippen LogP contribution in [-0.4, -0.2) is 48.9 Å². The molecule has 1 fully saturated rings. The number of esters is 1. The summed E-state index contributed by atoms with van der Waals surface area (Å²) in [5.41, 5.74) is 0.659. The third kappa shape index (κ3) is 4.78. The second kappa shape index (κ2) is 9.28. The van der Waals surface area contributed by atoms with E-state index in [-0.39, 0.29) is 24.4 Å². The fourth-order valence-corrected chi connectivity index (χ4v) is 3.17. The molecule has 2 rings (SSSR count). The molecule has 1 aromatic rings. The first-order chi connectivity index (χ1) is 12.5. The maximum Gasteiger partial charge on any atom is 0.344 e. The number of thioether (sulfide) groups is 1. The number of ether oxygens (including phenoxy) is 3. The molecule has 8 heteroatoms. The van der Waals surface area contributed by atoms with Gasteiger partial charge in [0.05, 0.1) is 18.6 Å². The molecule has 26 heavy (non-hydrogen) atoms. The van der Waals surface area contributed by atoms with Crippen molar-refractivity contribution >= 4 is 35.0 Å². The Morgan fingerprint density at radius 1 is 1.23 bits per heavy atom. The highest BCUT2D eigenvalue weighted by Gasteiger charge is 2.34. The number of hydrogen-bond donors (Lipinski definition) is 0. The molecule has 0 spiro atoms. The molecule has 0 aromatic heterocycles. The van der Waals surface area contributed by atoms with E-state index in [4.69, 9.17) is 14.2 Å². The van der Waals surface area contributed by atoms with Crippen molar-refractivity contribution in [3.63, 3.8) is 0 Å². The van der Waals surface area contributed by atoms with Gasteiger partial charge in [0.15, 0.2) is 18.1 Å². The third-order valence-corrected chi connectivity index (χ3v) is 4.36. The van der Waals surface area contributed by atoms with Crippen LogP contribution in [0.1, 0.15) is 25.8 Å². The van der Waals surface area contributed by atoms with Gasteiger partial charge >= 0.3 is 5.97 Å². The molecule has 1 aromatic carbocycles. The second-order valence-corrected chi connectivity index (χ2v) is 6.33. The van der Waals surface area contributed by atoms with Gasteiger partial charge in [-0.15, -0.1) is 0 Å². The van der Waals surface area contributed by atoms with Gasteiger partial charge in [0.2, 0.25) is 0 Å². The van der Waals surface area contributed by atoms with Crippen LogP contribution >= 0.6 is 11.8 Å². The number of nitrogens with zero attached hydrogens (tertiary/aromatic N) is 1. The van der Waals surface area contributed by atoms with E-state index in [0.717, 1.165) is 11.8 Å². The van der Waals surface area contributed by atoms with Gasteiger partial charge in [0.1, 0.15) is 0 Å². The summed E-state index contributed by atoms with van der Waals surface area (Å²) in [6, 6.07) is 5.05. The Bertz CT molecular complexity index is 730. The highest BCUT2D eigenvalue weighted by molar-refractivity contribution is 8.18. The molecule has 1 aliphatic rings. The van der Waals surface area contributed by atoms with E-state index in [0.29, 0.717) is 34.9 Å². The number of methoxy groups -OCH3 is 1. The van der Waals surface area contributed by atoms with Crippen molar-refractivity contribution in [1.82, 2.24) is 4.90 Å². The zero-order chi connectivity index (χ0) is 19.1. The monoisotopic (exact) mass is 379 g/mol. The first-order valence-corrected chi connectivity index (χ1v) is 9.03. The van der Waals surface area contributed by atoms with Crippen LogP contribution in [-0.2, 0) is 14.3 Å². The van der Waals surface area contributed by atoms with E-state index in [1.165, 1.54) is 12.0 Å². The first-order valence-electron chi connectivity index (χ1n) is 8.22. The van der Waals surface area contributed by atoms with Gasteiger partial charge in [-0.1, -0.05) is 13.0 Å². The Labute approximate surface area is 156 Å². The van der Waals surface area contributed by atoms with Gasteiger partial charge in [-0.25, -0.2) is 4.79 Å². The molecule has 0 saturated carbocycles. The molecular weight excluding hydrogens is 358 g/mol. The molecule has 0 unspecified atom stereocenters. The Morgan fingerprint density at radius 2 is 2.00 bits per heavy atom. The van der Waals surface area contributed by atoms with Gasteiger partial charge in [0, 0.05) is 6.54 Å². The maximum atomic E-state index is 12.3. The van der Waals surface area contributed by atoms with E-state index < -0.39 is 5.97 Å². The first kappa shape index (κ1) is 19.8. The van der Waals surface area contributed by atoms with Crippen LogP contribution in [0.4, 0.5) is 4.79 Å². The molecule has 0 aliphatic carbocycles. The fourth-order valence-electron chi connectivity index (χ4n) is 2.30. The summed E-state index contributed by atoms with van der Waals surface area (Å²) < 4.78 is 15.5. The summed E-state index contributed by atoms with van der Waals surface area (Å²) in [7, 11) is 1.49. The van der Waals surface area contributed by atoms with Crippen LogP contribution < -0.4 is 9.47 Å². The van der Waals surface area contributed by atoms with Crippen molar-refractivity contribution in [2.24, 2.45) is 0 Å². The minimum absolute atomic E-state index is 0.249. The predicted octanol–water partition coefficient (Wildman–Crippen LogP) is 3.08. The Hall–Kier alpha value is -2.48. The molecule has 2 amide bonds. The predicted molar refractivity (Wildman–Crippen MR) is 98.1 cm³/mol. The van der Waals surface area contributed by atoms with Gasteiger partial charge in [0.25, 0.3) is 11.1 Å². The van der Waals surface area contributed by atoms with Crippen LogP contribution in [0.5, 0.6) is 11.5 Å². The number of carbonyl (C=O) groups is 3. The summed E-state index contributed by atoms with van der Waals surface area (Å²) in [4.78, 5) is 37.3. The molecule has 1 aliphatic heterocycles. The largest absolute Gasteiger partial charge is 0.493 e. The van der Waals surface area contributed by atoms with Gasteiger partial charge in [-0.2, -0.15) is 0 Å². The van der Waals surface area contributed by atoms with E-state index in [9.17, 15) is 14.4 Å². The number of benzene rings is 1. The molecule has 7 nitrogen and oxygen atoms in total. The molecule has 0 atom stereocenters. The molecule has 0 N–H and O–H groups in total. The summed E-state index contributed by atoms with van der Waals surface area (Å²) >= 11 is 0.910. The Balaban J connectivity index is 2.20. The summed E-state index contributed by atoms with van der Waals surface area (Å²) in [5.74, 6) is 0.0138. The van der Waals surface area contributed by atoms with Crippen LogP contribution in [0.2, 0.25) is 0 Å². The molecule has 0 bridgehead atoms. The highest BCUT2D eigenvalue weighted by atomic mass is 32.2. The Morgan fingerprint density at radius 3 is 2.65 bits per heavy atom. The average molecular weight is 379 g/mol. The number of hydrogen-bond acceptors (Lipinski definition) is 7. The number of rotatable bonds is 8. The normalized spacial score (nSPS) is 15.5.